The number of hydrogen-bond acceptors (Lipinski definition) is 5. The molecule has 0 heterocycles. The highest BCUT2D eigenvalue weighted by atomic mass is 32.1. The lowest BCUT2D eigenvalue weighted by Crippen LogP contribution is -2.39. The Morgan fingerprint density at radius 3 is 2.46 bits per heavy atom. The van der Waals surface area contributed by atoms with E-state index < -0.39 is 0 Å². The van der Waals surface area contributed by atoms with Gasteiger partial charge in [0.2, 0.25) is 0 Å². The molecule has 2 aromatic rings. The molecule has 0 spiro atoms. The van der Waals surface area contributed by atoms with Crippen molar-refractivity contribution in [1.29, 1.82) is 0 Å². The van der Waals surface area contributed by atoms with Gasteiger partial charge in [-0.05, 0) is 75.0 Å². The van der Waals surface area contributed by atoms with Gasteiger partial charge in [-0.15, -0.1) is 0 Å². The zero-order valence-corrected chi connectivity index (χ0v) is 17.4. The third-order valence-corrected chi connectivity index (χ3v) is 4.23. The number of esters is 1. The van der Waals surface area contributed by atoms with E-state index in [2.05, 4.69) is 10.6 Å². The topological polar surface area (TPSA) is 68.8 Å². The van der Waals surface area contributed by atoms with Gasteiger partial charge in [-0.25, -0.2) is 4.79 Å². The summed E-state index contributed by atoms with van der Waals surface area (Å²) in [5.74, 6) is 1.19. The smallest absolute Gasteiger partial charge is 0.338 e. The van der Waals surface area contributed by atoms with Crippen LogP contribution >= 0.6 is 12.2 Å². The molecule has 150 valence electrons. The molecule has 0 bridgehead atoms. The minimum atomic E-state index is -0.344. The van der Waals surface area contributed by atoms with Crippen LogP contribution in [0.4, 0.5) is 5.69 Å². The van der Waals surface area contributed by atoms with Gasteiger partial charge in [-0.1, -0.05) is 6.07 Å². The van der Waals surface area contributed by atoms with Crippen LogP contribution < -0.4 is 20.1 Å². The van der Waals surface area contributed by atoms with E-state index in [0.29, 0.717) is 23.9 Å². The first-order valence-electron chi connectivity index (χ1n) is 9.05. The molecule has 0 aromatic heterocycles. The second-order valence-electron chi connectivity index (χ2n) is 6.18. The van der Waals surface area contributed by atoms with Crippen LogP contribution in [0.1, 0.15) is 29.8 Å². The number of hydrogen-bond donors (Lipinski definition) is 2. The molecule has 0 saturated heterocycles. The molecule has 0 amide bonds. The zero-order chi connectivity index (χ0) is 20.5. The number of carbonyl (C=O) groups excluding carboxylic acids is 1. The lowest BCUT2D eigenvalue weighted by Gasteiger charge is -2.19. The lowest BCUT2D eigenvalue weighted by molar-refractivity contribution is 0.0525. The summed E-state index contributed by atoms with van der Waals surface area (Å²) < 4.78 is 16.0. The Balaban J connectivity index is 1.88. The minimum absolute atomic E-state index is 0.0179. The van der Waals surface area contributed by atoms with Crippen molar-refractivity contribution in [3.05, 3.63) is 53.6 Å². The molecule has 0 aliphatic carbocycles. The number of methoxy groups -OCH3 is 1. The van der Waals surface area contributed by atoms with Gasteiger partial charge in [0.1, 0.15) is 18.1 Å². The maximum atomic E-state index is 12.0. The fourth-order valence-corrected chi connectivity index (χ4v) is 2.83. The van der Waals surface area contributed by atoms with Crippen LogP contribution in [0.3, 0.4) is 0 Å². The van der Waals surface area contributed by atoms with Crippen molar-refractivity contribution in [1.82, 2.24) is 5.32 Å². The standard InChI is InChI=1S/C21H26N2O4S/c1-5-26-20(24)18-7-6-8-19(15(18)3)23-21(28)22-14(2)13-27-17-11-9-16(25-4)10-12-17/h6-12,14H,5,13H2,1-4H3,(H2,22,23,28). The predicted molar refractivity (Wildman–Crippen MR) is 114 cm³/mol. The second kappa shape index (κ2) is 10.5. The molecule has 2 N–H and O–H groups in total. The van der Waals surface area contributed by atoms with E-state index in [0.717, 1.165) is 22.7 Å². The van der Waals surface area contributed by atoms with Crippen molar-refractivity contribution in [3.63, 3.8) is 0 Å². The second-order valence-corrected chi connectivity index (χ2v) is 6.59. The fourth-order valence-electron chi connectivity index (χ4n) is 2.52. The van der Waals surface area contributed by atoms with Gasteiger partial charge in [0.05, 0.1) is 25.3 Å². The Morgan fingerprint density at radius 1 is 1.14 bits per heavy atom. The van der Waals surface area contributed by atoms with Crippen LogP contribution in [0.5, 0.6) is 11.5 Å². The van der Waals surface area contributed by atoms with E-state index in [1.807, 2.05) is 44.2 Å². The van der Waals surface area contributed by atoms with Crippen LogP contribution in [0.25, 0.3) is 0 Å². The summed E-state index contributed by atoms with van der Waals surface area (Å²) in [5.41, 5.74) is 2.06. The number of carbonyl (C=O) groups is 1. The molecular weight excluding hydrogens is 376 g/mol. The number of benzene rings is 2. The van der Waals surface area contributed by atoms with E-state index in [1.165, 1.54) is 0 Å². The Bertz CT molecular complexity index is 809. The van der Waals surface area contributed by atoms with Crippen molar-refractivity contribution >= 4 is 29.0 Å². The molecule has 0 aliphatic heterocycles. The number of ether oxygens (including phenoxy) is 3. The first-order valence-corrected chi connectivity index (χ1v) is 9.46. The highest BCUT2D eigenvalue weighted by molar-refractivity contribution is 7.80. The number of anilines is 1. The SMILES string of the molecule is CCOC(=O)c1cccc(NC(=S)NC(C)COc2ccc(OC)cc2)c1C. The monoisotopic (exact) mass is 402 g/mol. The first kappa shape index (κ1) is 21.5. The Labute approximate surface area is 171 Å². The van der Waals surface area contributed by atoms with Crippen LogP contribution in [0.15, 0.2) is 42.5 Å². The Kier molecular flexibility index (Phi) is 8.07. The minimum Gasteiger partial charge on any atom is -0.497 e. The van der Waals surface area contributed by atoms with E-state index in [4.69, 9.17) is 26.4 Å². The highest BCUT2D eigenvalue weighted by Crippen LogP contribution is 2.20. The maximum Gasteiger partial charge on any atom is 0.338 e. The van der Waals surface area contributed by atoms with Crippen LogP contribution in [-0.2, 0) is 4.74 Å². The number of thiocarbonyl (C=S) groups is 1. The van der Waals surface area contributed by atoms with Gasteiger partial charge in [-0.2, -0.15) is 0 Å². The normalized spacial score (nSPS) is 11.3. The maximum absolute atomic E-state index is 12.0. The van der Waals surface area contributed by atoms with Crippen molar-refractivity contribution in [2.45, 2.75) is 26.8 Å². The zero-order valence-electron chi connectivity index (χ0n) is 16.6. The molecule has 0 radical (unpaired) electrons. The van der Waals surface area contributed by atoms with Crippen molar-refractivity contribution < 1.29 is 19.0 Å². The number of nitrogens with one attached hydrogen (secondary N) is 2. The lowest BCUT2D eigenvalue weighted by atomic mass is 10.1. The highest BCUT2D eigenvalue weighted by Gasteiger charge is 2.14. The molecular formula is C21H26N2O4S. The van der Waals surface area contributed by atoms with Gasteiger partial charge < -0.3 is 24.8 Å². The molecule has 2 rings (SSSR count). The predicted octanol–water partition coefficient (Wildman–Crippen LogP) is 3.93. The summed E-state index contributed by atoms with van der Waals surface area (Å²) in [6.45, 7) is 6.38. The van der Waals surface area contributed by atoms with Crippen LogP contribution in [0, 0.1) is 6.92 Å². The van der Waals surface area contributed by atoms with Crippen molar-refractivity contribution in [2.75, 3.05) is 25.6 Å². The largest absolute Gasteiger partial charge is 0.497 e. The molecule has 0 saturated carbocycles. The third-order valence-electron chi connectivity index (χ3n) is 4.01. The molecule has 0 fully saturated rings. The van der Waals surface area contributed by atoms with Gasteiger partial charge in [-0.3, -0.25) is 0 Å². The van der Waals surface area contributed by atoms with Crippen LogP contribution in [-0.4, -0.2) is 37.4 Å². The van der Waals surface area contributed by atoms with Gasteiger partial charge >= 0.3 is 5.97 Å². The van der Waals surface area contributed by atoms with Gasteiger partial charge in [0, 0.05) is 5.69 Å². The quantitative estimate of drug-likeness (QED) is 0.512. The van der Waals surface area contributed by atoms with Gasteiger partial charge in [0.15, 0.2) is 5.11 Å². The van der Waals surface area contributed by atoms with Crippen molar-refractivity contribution in [3.8, 4) is 11.5 Å². The average Bonchev–Trinajstić information content (AvgIpc) is 2.68. The summed E-state index contributed by atoms with van der Waals surface area (Å²) >= 11 is 5.39. The van der Waals surface area contributed by atoms with Crippen LogP contribution in [0.2, 0.25) is 0 Å². The molecule has 7 heteroatoms. The van der Waals surface area contributed by atoms with Crippen molar-refractivity contribution in [2.24, 2.45) is 0 Å². The summed E-state index contributed by atoms with van der Waals surface area (Å²) in [6, 6.07) is 12.8. The summed E-state index contributed by atoms with van der Waals surface area (Å²) in [7, 11) is 1.62. The third kappa shape index (κ3) is 6.13. The fraction of sp³-hybridized carbons (Fsp3) is 0.333. The molecule has 1 unspecified atom stereocenters. The van der Waals surface area contributed by atoms with Gasteiger partial charge in [0.25, 0.3) is 0 Å². The average molecular weight is 403 g/mol. The number of rotatable bonds is 8. The molecule has 0 aliphatic rings. The summed E-state index contributed by atoms with van der Waals surface area (Å²) in [6.07, 6.45) is 0. The Hall–Kier alpha value is -2.80. The van der Waals surface area contributed by atoms with E-state index >= 15 is 0 Å². The van der Waals surface area contributed by atoms with E-state index in [-0.39, 0.29) is 12.0 Å². The molecule has 28 heavy (non-hydrogen) atoms. The van der Waals surface area contributed by atoms with E-state index in [1.54, 1.807) is 26.2 Å². The summed E-state index contributed by atoms with van der Waals surface area (Å²) in [5, 5.41) is 6.76. The summed E-state index contributed by atoms with van der Waals surface area (Å²) in [4.78, 5) is 12.0. The molecule has 1 atom stereocenters. The molecule has 2 aromatic carbocycles. The van der Waals surface area contributed by atoms with E-state index in [9.17, 15) is 4.79 Å². The Morgan fingerprint density at radius 2 is 1.82 bits per heavy atom. The molecule has 6 nitrogen and oxygen atoms in total. The first-order chi connectivity index (χ1) is 13.4.